The zero-order chi connectivity index (χ0) is 16.4. The van der Waals surface area contributed by atoms with E-state index in [1.807, 2.05) is 56.3 Å². The Labute approximate surface area is 132 Å². The Bertz CT molecular complexity index is 500. The zero-order valence-corrected chi connectivity index (χ0v) is 13.4. The third kappa shape index (κ3) is 6.92. The number of carbonyl (C=O) groups is 2. The first-order chi connectivity index (χ1) is 10.5. The maximum atomic E-state index is 11.8. The second-order valence-electron chi connectivity index (χ2n) is 5.21. The molecule has 22 heavy (non-hydrogen) atoms. The molecule has 0 aromatic heterocycles. The SMILES string of the molecule is CCC(C)NC(=O)C(C)NC(=O)NCC=Cc1ccccc1. The average molecular weight is 303 g/mol. The Morgan fingerprint density at radius 3 is 2.45 bits per heavy atom. The van der Waals surface area contributed by atoms with Gasteiger partial charge in [0.25, 0.3) is 0 Å². The van der Waals surface area contributed by atoms with E-state index in [0.29, 0.717) is 6.54 Å². The summed E-state index contributed by atoms with van der Waals surface area (Å²) in [5.74, 6) is -0.177. The van der Waals surface area contributed by atoms with Gasteiger partial charge in [-0.25, -0.2) is 4.79 Å². The molecule has 0 aliphatic rings. The fourth-order valence-corrected chi connectivity index (χ4v) is 1.69. The summed E-state index contributed by atoms with van der Waals surface area (Å²) in [7, 11) is 0. The van der Waals surface area contributed by atoms with Gasteiger partial charge in [0.1, 0.15) is 6.04 Å². The van der Waals surface area contributed by atoms with Crippen molar-refractivity contribution in [3.8, 4) is 0 Å². The highest BCUT2D eigenvalue weighted by atomic mass is 16.2. The highest BCUT2D eigenvalue weighted by Gasteiger charge is 2.16. The summed E-state index contributed by atoms with van der Waals surface area (Å²) in [6.45, 7) is 5.99. The van der Waals surface area contributed by atoms with Gasteiger partial charge < -0.3 is 16.0 Å². The lowest BCUT2D eigenvalue weighted by Gasteiger charge is -2.17. The fourth-order valence-electron chi connectivity index (χ4n) is 1.69. The molecule has 0 aliphatic heterocycles. The van der Waals surface area contributed by atoms with Crippen molar-refractivity contribution in [3.05, 3.63) is 42.0 Å². The summed E-state index contributed by atoms with van der Waals surface area (Å²) >= 11 is 0. The van der Waals surface area contributed by atoms with Crippen LogP contribution in [0.4, 0.5) is 4.79 Å². The van der Waals surface area contributed by atoms with Crippen LogP contribution < -0.4 is 16.0 Å². The van der Waals surface area contributed by atoms with Crippen molar-refractivity contribution in [1.82, 2.24) is 16.0 Å². The van der Waals surface area contributed by atoms with Crippen LogP contribution in [-0.4, -0.2) is 30.6 Å². The van der Waals surface area contributed by atoms with Gasteiger partial charge in [0.15, 0.2) is 0 Å². The summed E-state index contributed by atoms with van der Waals surface area (Å²) in [5.41, 5.74) is 1.08. The molecule has 0 fully saturated rings. The van der Waals surface area contributed by atoms with Crippen molar-refractivity contribution in [2.75, 3.05) is 6.54 Å². The lowest BCUT2D eigenvalue weighted by atomic mass is 10.2. The first-order valence-corrected chi connectivity index (χ1v) is 7.59. The number of urea groups is 1. The predicted molar refractivity (Wildman–Crippen MR) is 89.4 cm³/mol. The topological polar surface area (TPSA) is 70.2 Å². The van der Waals surface area contributed by atoms with Crippen LogP contribution in [-0.2, 0) is 4.79 Å². The van der Waals surface area contributed by atoms with Crippen LogP contribution in [0.3, 0.4) is 0 Å². The molecule has 0 saturated carbocycles. The number of carbonyl (C=O) groups excluding carboxylic acids is 2. The highest BCUT2D eigenvalue weighted by Crippen LogP contribution is 1.99. The van der Waals surface area contributed by atoms with E-state index >= 15 is 0 Å². The van der Waals surface area contributed by atoms with Crippen molar-refractivity contribution < 1.29 is 9.59 Å². The van der Waals surface area contributed by atoms with E-state index in [2.05, 4.69) is 16.0 Å². The zero-order valence-electron chi connectivity index (χ0n) is 13.4. The van der Waals surface area contributed by atoms with E-state index in [1.54, 1.807) is 6.92 Å². The largest absolute Gasteiger partial charge is 0.352 e. The maximum absolute atomic E-state index is 11.8. The van der Waals surface area contributed by atoms with Gasteiger partial charge in [0.05, 0.1) is 0 Å². The summed E-state index contributed by atoms with van der Waals surface area (Å²) in [6.07, 6.45) is 4.65. The highest BCUT2D eigenvalue weighted by molar-refractivity contribution is 5.86. The van der Waals surface area contributed by atoms with Crippen molar-refractivity contribution >= 4 is 18.0 Å². The van der Waals surface area contributed by atoms with Gasteiger partial charge in [-0.15, -0.1) is 0 Å². The lowest BCUT2D eigenvalue weighted by Crippen LogP contribution is -2.50. The van der Waals surface area contributed by atoms with Crippen molar-refractivity contribution in [3.63, 3.8) is 0 Å². The molecule has 2 atom stereocenters. The van der Waals surface area contributed by atoms with Crippen LogP contribution in [0.25, 0.3) is 6.08 Å². The molecule has 3 N–H and O–H groups in total. The Kier molecular flexibility index (Phi) is 7.75. The summed E-state index contributed by atoms with van der Waals surface area (Å²) < 4.78 is 0. The van der Waals surface area contributed by atoms with Gasteiger partial charge in [0, 0.05) is 12.6 Å². The molecule has 5 nitrogen and oxygen atoms in total. The minimum atomic E-state index is -0.563. The van der Waals surface area contributed by atoms with Crippen LogP contribution in [0.15, 0.2) is 36.4 Å². The quantitative estimate of drug-likeness (QED) is 0.723. The molecule has 0 radical (unpaired) electrons. The van der Waals surface area contributed by atoms with Crippen molar-refractivity contribution in [1.29, 1.82) is 0 Å². The first-order valence-electron chi connectivity index (χ1n) is 7.59. The Morgan fingerprint density at radius 2 is 1.82 bits per heavy atom. The summed E-state index contributed by atoms with van der Waals surface area (Å²) in [6, 6.07) is 9.02. The van der Waals surface area contributed by atoms with E-state index < -0.39 is 6.04 Å². The molecule has 0 heterocycles. The number of benzene rings is 1. The second kappa shape index (κ2) is 9.60. The monoisotopic (exact) mass is 303 g/mol. The van der Waals surface area contributed by atoms with E-state index in [4.69, 9.17) is 0 Å². The van der Waals surface area contributed by atoms with Gasteiger partial charge in [0.2, 0.25) is 5.91 Å². The molecule has 5 heteroatoms. The van der Waals surface area contributed by atoms with Crippen molar-refractivity contribution in [2.24, 2.45) is 0 Å². The Hall–Kier alpha value is -2.30. The number of amides is 3. The van der Waals surface area contributed by atoms with Crippen LogP contribution in [0.2, 0.25) is 0 Å². The molecule has 3 amide bonds. The van der Waals surface area contributed by atoms with Gasteiger partial charge in [-0.05, 0) is 25.8 Å². The summed E-state index contributed by atoms with van der Waals surface area (Å²) in [5, 5.41) is 8.13. The molecule has 1 aromatic rings. The molecule has 1 aromatic carbocycles. The molecule has 0 saturated heterocycles. The maximum Gasteiger partial charge on any atom is 0.315 e. The summed E-state index contributed by atoms with van der Waals surface area (Å²) in [4.78, 5) is 23.5. The average Bonchev–Trinajstić information content (AvgIpc) is 2.52. The third-order valence-corrected chi connectivity index (χ3v) is 3.23. The smallest absolute Gasteiger partial charge is 0.315 e. The molecule has 0 bridgehead atoms. The van der Waals surface area contributed by atoms with E-state index in [1.165, 1.54) is 0 Å². The number of nitrogens with one attached hydrogen (secondary N) is 3. The number of rotatable bonds is 7. The number of hydrogen-bond acceptors (Lipinski definition) is 2. The van der Waals surface area contributed by atoms with Crippen LogP contribution >= 0.6 is 0 Å². The lowest BCUT2D eigenvalue weighted by molar-refractivity contribution is -0.123. The van der Waals surface area contributed by atoms with Gasteiger partial charge in [-0.2, -0.15) is 0 Å². The fraction of sp³-hybridized carbons (Fsp3) is 0.412. The standard InChI is InChI=1S/C17H25N3O2/c1-4-13(2)19-16(21)14(3)20-17(22)18-12-8-11-15-9-6-5-7-10-15/h5-11,13-14H,4,12H2,1-3H3,(H,19,21)(H2,18,20,22). The Morgan fingerprint density at radius 1 is 1.14 bits per heavy atom. The van der Waals surface area contributed by atoms with Crippen LogP contribution in [0, 0.1) is 0 Å². The van der Waals surface area contributed by atoms with E-state index in [0.717, 1.165) is 12.0 Å². The van der Waals surface area contributed by atoms with E-state index in [9.17, 15) is 9.59 Å². The molecule has 2 unspecified atom stereocenters. The molecular formula is C17H25N3O2. The molecule has 0 spiro atoms. The normalized spacial score (nSPS) is 13.4. The van der Waals surface area contributed by atoms with Crippen LogP contribution in [0.5, 0.6) is 0 Å². The predicted octanol–water partition coefficient (Wildman–Crippen LogP) is 2.30. The first kappa shape index (κ1) is 17.8. The Balaban J connectivity index is 2.28. The van der Waals surface area contributed by atoms with Crippen molar-refractivity contribution in [2.45, 2.75) is 39.3 Å². The van der Waals surface area contributed by atoms with Gasteiger partial charge in [-0.3, -0.25) is 4.79 Å². The van der Waals surface area contributed by atoms with Gasteiger partial charge >= 0.3 is 6.03 Å². The molecule has 0 aliphatic carbocycles. The molecule has 120 valence electrons. The van der Waals surface area contributed by atoms with Gasteiger partial charge in [-0.1, -0.05) is 49.4 Å². The number of hydrogen-bond donors (Lipinski definition) is 3. The molecular weight excluding hydrogens is 278 g/mol. The molecule has 1 rings (SSSR count). The minimum Gasteiger partial charge on any atom is -0.352 e. The van der Waals surface area contributed by atoms with Crippen LogP contribution in [0.1, 0.15) is 32.8 Å². The second-order valence-corrected chi connectivity index (χ2v) is 5.21. The third-order valence-electron chi connectivity index (χ3n) is 3.23. The van der Waals surface area contributed by atoms with E-state index in [-0.39, 0.29) is 18.0 Å². The minimum absolute atomic E-state index is 0.105.